The molecule has 2 nitrogen and oxygen atoms in total. The van der Waals surface area contributed by atoms with E-state index in [0.29, 0.717) is 18.2 Å². The zero-order valence-electron chi connectivity index (χ0n) is 8.72. The van der Waals surface area contributed by atoms with Crippen molar-refractivity contribution in [1.29, 1.82) is 0 Å². The molecule has 0 unspecified atom stereocenters. The van der Waals surface area contributed by atoms with Crippen LogP contribution in [0.1, 0.15) is 6.92 Å². The van der Waals surface area contributed by atoms with Gasteiger partial charge in [0, 0.05) is 5.02 Å². The molecule has 0 saturated heterocycles. The van der Waals surface area contributed by atoms with Crippen molar-refractivity contribution in [2.45, 2.75) is 6.92 Å². The summed E-state index contributed by atoms with van der Waals surface area (Å²) in [4.78, 5) is 0. The van der Waals surface area contributed by atoms with E-state index in [1.807, 2.05) is 19.1 Å². The summed E-state index contributed by atoms with van der Waals surface area (Å²) in [5.41, 5.74) is 0. The summed E-state index contributed by atoms with van der Waals surface area (Å²) in [6.07, 6.45) is 0. The van der Waals surface area contributed by atoms with Crippen LogP contribution in [0.4, 0.5) is 0 Å². The van der Waals surface area contributed by atoms with Crippen LogP contribution in [0.3, 0.4) is 0 Å². The van der Waals surface area contributed by atoms with Crippen molar-refractivity contribution in [2.75, 3.05) is 19.7 Å². The normalized spacial score (nSPS) is 9.20. The molecular formula is C12H14ClNO. The molecule has 0 aliphatic heterocycles. The van der Waals surface area contributed by atoms with Gasteiger partial charge in [0.05, 0.1) is 6.54 Å². The highest BCUT2D eigenvalue weighted by Crippen LogP contribution is 2.14. The molecule has 80 valence electrons. The summed E-state index contributed by atoms with van der Waals surface area (Å²) in [5, 5.41) is 3.82. The van der Waals surface area contributed by atoms with E-state index in [-0.39, 0.29) is 0 Å². The number of ether oxygens (including phenoxy) is 1. The third kappa shape index (κ3) is 5.31. The summed E-state index contributed by atoms with van der Waals surface area (Å²) in [6.45, 7) is 4.10. The van der Waals surface area contributed by atoms with E-state index in [2.05, 4.69) is 17.2 Å². The second-order valence-electron chi connectivity index (χ2n) is 2.88. The van der Waals surface area contributed by atoms with Crippen LogP contribution in [0.2, 0.25) is 5.02 Å². The van der Waals surface area contributed by atoms with Crippen LogP contribution in [0.25, 0.3) is 0 Å². The van der Waals surface area contributed by atoms with Crippen molar-refractivity contribution < 1.29 is 4.74 Å². The summed E-state index contributed by atoms with van der Waals surface area (Å²) in [6, 6.07) is 7.24. The first kappa shape index (κ1) is 11.9. The highest BCUT2D eigenvalue weighted by atomic mass is 35.5. The van der Waals surface area contributed by atoms with Crippen LogP contribution in [0.15, 0.2) is 24.3 Å². The first-order valence-corrected chi connectivity index (χ1v) is 5.25. The van der Waals surface area contributed by atoms with Gasteiger partial charge in [0.1, 0.15) is 12.4 Å². The van der Waals surface area contributed by atoms with Crippen molar-refractivity contribution in [3.8, 4) is 17.6 Å². The molecule has 1 aromatic rings. The summed E-state index contributed by atoms with van der Waals surface area (Å²) in [7, 11) is 0. The predicted octanol–water partition coefficient (Wildman–Crippen LogP) is 2.33. The largest absolute Gasteiger partial charge is 0.481 e. The number of nitrogens with one attached hydrogen (secondary N) is 1. The minimum Gasteiger partial charge on any atom is -0.481 e. The van der Waals surface area contributed by atoms with E-state index in [9.17, 15) is 0 Å². The first-order valence-electron chi connectivity index (χ1n) is 4.87. The Morgan fingerprint density at radius 2 is 2.00 bits per heavy atom. The number of benzene rings is 1. The average Bonchev–Trinajstić information content (AvgIpc) is 2.26. The van der Waals surface area contributed by atoms with Gasteiger partial charge in [-0.15, -0.1) is 0 Å². The molecule has 1 aromatic carbocycles. The lowest BCUT2D eigenvalue weighted by molar-refractivity contribution is 0.370. The Balaban J connectivity index is 2.24. The average molecular weight is 224 g/mol. The molecule has 0 aliphatic carbocycles. The zero-order valence-corrected chi connectivity index (χ0v) is 9.47. The predicted molar refractivity (Wildman–Crippen MR) is 63.3 cm³/mol. The van der Waals surface area contributed by atoms with Gasteiger partial charge < -0.3 is 10.1 Å². The van der Waals surface area contributed by atoms with Crippen molar-refractivity contribution in [2.24, 2.45) is 0 Å². The fourth-order valence-electron chi connectivity index (χ4n) is 0.951. The molecule has 0 spiro atoms. The maximum atomic E-state index is 5.74. The third-order valence-electron chi connectivity index (χ3n) is 1.71. The summed E-state index contributed by atoms with van der Waals surface area (Å²) in [5.74, 6) is 6.66. The standard InChI is InChI=1S/C12H14ClNO/c1-2-14-9-3-4-10-15-12-7-5-11(13)6-8-12/h5-8,14H,2,9-10H2,1H3. The topological polar surface area (TPSA) is 21.3 Å². The fourth-order valence-corrected chi connectivity index (χ4v) is 1.08. The van der Waals surface area contributed by atoms with E-state index < -0.39 is 0 Å². The monoisotopic (exact) mass is 223 g/mol. The highest BCUT2D eigenvalue weighted by Gasteiger charge is 1.90. The van der Waals surface area contributed by atoms with Gasteiger partial charge in [-0.3, -0.25) is 0 Å². The van der Waals surface area contributed by atoms with Gasteiger partial charge >= 0.3 is 0 Å². The third-order valence-corrected chi connectivity index (χ3v) is 1.97. The molecule has 0 heterocycles. The van der Waals surface area contributed by atoms with E-state index in [0.717, 1.165) is 12.3 Å². The molecule has 0 atom stereocenters. The van der Waals surface area contributed by atoms with E-state index in [1.165, 1.54) is 0 Å². The van der Waals surface area contributed by atoms with Crippen LogP contribution >= 0.6 is 11.6 Å². The highest BCUT2D eigenvalue weighted by molar-refractivity contribution is 6.30. The molecule has 0 radical (unpaired) electrons. The van der Waals surface area contributed by atoms with Crippen LogP contribution in [0.5, 0.6) is 5.75 Å². The lowest BCUT2D eigenvalue weighted by atomic mass is 10.3. The molecule has 0 fully saturated rings. The molecule has 15 heavy (non-hydrogen) atoms. The second-order valence-corrected chi connectivity index (χ2v) is 3.31. The first-order chi connectivity index (χ1) is 7.33. The molecule has 0 amide bonds. The van der Waals surface area contributed by atoms with Gasteiger partial charge in [0.15, 0.2) is 0 Å². The minimum absolute atomic E-state index is 0.410. The molecule has 0 aliphatic rings. The maximum absolute atomic E-state index is 5.74. The Kier molecular flexibility index (Phi) is 5.69. The Bertz CT molecular complexity index is 337. The second kappa shape index (κ2) is 7.17. The Hall–Kier alpha value is -1.17. The number of hydrogen-bond donors (Lipinski definition) is 1. The fraction of sp³-hybridized carbons (Fsp3) is 0.333. The minimum atomic E-state index is 0.410. The van der Waals surface area contributed by atoms with E-state index in [4.69, 9.17) is 16.3 Å². The number of hydrogen-bond acceptors (Lipinski definition) is 2. The Morgan fingerprint density at radius 3 is 2.67 bits per heavy atom. The van der Waals surface area contributed by atoms with Crippen molar-refractivity contribution in [3.63, 3.8) is 0 Å². The van der Waals surface area contributed by atoms with Crippen molar-refractivity contribution >= 4 is 11.6 Å². The van der Waals surface area contributed by atoms with Gasteiger partial charge in [-0.2, -0.15) is 0 Å². The van der Waals surface area contributed by atoms with Gasteiger partial charge in [0.2, 0.25) is 0 Å². The Labute approximate surface area is 95.6 Å². The van der Waals surface area contributed by atoms with Crippen LogP contribution in [-0.4, -0.2) is 19.7 Å². The van der Waals surface area contributed by atoms with Crippen LogP contribution in [-0.2, 0) is 0 Å². The quantitative estimate of drug-likeness (QED) is 0.625. The zero-order chi connectivity index (χ0) is 10.9. The Morgan fingerprint density at radius 1 is 1.27 bits per heavy atom. The van der Waals surface area contributed by atoms with Crippen molar-refractivity contribution in [3.05, 3.63) is 29.3 Å². The SMILES string of the molecule is CCNCC#CCOc1ccc(Cl)cc1. The smallest absolute Gasteiger partial charge is 0.149 e. The summed E-state index contributed by atoms with van der Waals surface area (Å²) >= 11 is 5.74. The molecule has 3 heteroatoms. The van der Waals surface area contributed by atoms with Gasteiger partial charge in [-0.05, 0) is 30.8 Å². The molecule has 0 bridgehead atoms. The molecule has 0 saturated carbocycles. The molecular weight excluding hydrogens is 210 g/mol. The van der Waals surface area contributed by atoms with Gasteiger partial charge in [0.25, 0.3) is 0 Å². The lowest BCUT2D eigenvalue weighted by Gasteiger charge is -2.00. The molecule has 1 rings (SSSR count). The van der Waals surface area contributed by atoms with Crippen molar-refractivity contribution in [1.82, 2.24) is 5.32 Å². The molecule has 0 aromatic heterocycles. The van der Waals surface area contributed by atoms with Gasteiger partial charge in [-0.25, -0.2) is 0 Å². The maximum Gasteiger partial charge on any atom is 0.149 e. The van der Waals surface area contributed by atoms with Crippen LogP contribution in [0, 0.1) is 11.8 Å². The lowest BCUT2D eigenvalue weighted by Crippen LogP contribution is -2.12. The number of halogens is 1. The summed E-state index contributed by atoms with van der Waals surface area (Å²) < 4.78 is 5.38. The molecule has 1 N–H and O–H groups in total. The van der Waals surface area contributed by atoms with E-state index in [1.54, 1.807) is 12.1 Å². The van der Waals surface area contributed by atoms with Gasteiger partial charge in [-0.1, -0.05) is 30.4 Å². The van der Waals surface area contributed by atoms with Crippen LogP contribution < -0.4 is 10.1 Å². The number of rotatable bonds is 4. The van der Waals surface area contributed by atoms with E-state index >= 15 is 0 Å².